The number of amides is 2. The van der Waals surface area contributed by atoms with Gasteiger partial charge in [-0.2, -0.15) is 0 Å². The molecule has 2 amide bonds. The highest BCUT2D eigenvalue weighted by atomic mass is 19.4. The zero-order valence-corrected chi connectivity index (χ0v) is 10.3. The highest BCUT2D eigenvalue weighted by Gasteiger charge is 2.31. The third-order valence-corrected chi connectivity index (χ3v) is 2.11. The summed E-state index contributed by atoms with van der Waals surface area (Å²) >= 11 is 0. The Bertz CT molecular complexity index is 521. The second-order valence-electron chi connectivity index (χ2n) is 3.75. The Morgan fingerprint density at radius 2 is 2.00 bits per heavy atom. The second-order valence-corrected chi connectivity index (χ2v) is 3.75. The number of anilines is 1. The third-order valence-electron chi connectivity index (χ3n) is 2.11. The number of nitrogens with one attached hydrogen (secondary N) is 2. The molecule has 0 fully saturated rings. The van der Waals surface area contributed by atoms with Gasteiger partial charge in [-0.25, -0.2) is 9.59 Å². The number of hydrogen-bond acceptors (Lipinski definition) is 4. The van der Waals surface area contributed by atoms with Crippen LogP contribution in [0.4, 0.5) is 23.7 Å². The van der Waals surface area contributed by atoms with Crippen molar-refractivity contribution < 1.29 is 37.7 Å². The number of benzene rings is 1. The number of hydrogen-bond donors (Lipinski definition) is 4. The molecule has 1 rings (SSSR count). The van der Waals surface area contributed by atoms with Crippen LogP contribution in [0.3, 0.4) is 0 Å². The van der Waals surface area contributed by atoms with Crippen molar-refractivity contribution in [1.29, 1.82) is 0 Å². The topological polar surface area (TPSA) is 108 Å². The number of aliphatic hydroxyl groups is 1. The smallest absolute Gasteiger partial charge is 0.480 e. The Kier molecular flexibility index (Phi) is 5.36. The van der Waals surface area contributed by atoms with E-state index in [4.69, 9.17) is 10.2 Å². The lowest BCUT2D eigenvalue weighted by molar-refractivity contribution is -0.274. The van der Waals surface area contributed by atoms with E-state index in [1.807, 2.05) is 5.32 Å². The Hall–Kier alpha value is -2.49. The zero-order chi connectivity index (χ0) is 16.0. The number of carbonyl (C=O) groups excluding carboxylic acids is 1. The van der Waals surface area contributed by atoms with Gasteiger partial charge in [0, 0.05) is 11.8 Å². The van der Waals surface area contributed by atoms with Gasteiger partial charge >= 0.3 is 18.4 Å². The summed E-state index contributed by atoms with van der Waals surface area (Å²) in [6.45, 7) is -0.833. The van der Waals surface area contributed by atoms with E-state index in [1.165, 1.54) is 12.1 Å². The number of aliphatic hydroxyl groups excluding tert-OH is 1. The van der Waals surface area contributed by atoms with E-state index in [2.05, 4.69) is 10.1 Å². The molecule has 0 heterocycles. The molecule has 0 saturated carbocycles. The number of urea groups is 1. The maximum absolute atomic E-state index is 12.0. The van der Waals surface area contributed by atoms with E-state index in [0.717, 1.165) is 12.1 Å². The summed E-state index contributed by atoms with van der Waals surface area (Å²) in [6.07, 6.45) is -4.87. The minimum Gasteiger partial charge on any atom is -0.480 e. The normalized spacial score (nSPS) is 12.4. The van der Waals surface area contributed by atoms with Crippen LogP contribution in [-0.2, 0) is 4.79 Å². The summed E-state index contributed by atoms with van der Waals surface area (Å²) < 4.78 is 39.7. The molecule has 7 nitrogen and oxygen atoms in total. The summed E-state index contributed by atoms with van der Waals surface area (Å²) in [6, 6.07) is 1.89. The average Bonchev–Trinajstić information content (AvgIpc) is 2.33. The molecule has 0 saturated heterocycles. The molecule has 0 bridgehead atoms. The first-order valence-electron chi connectivity index (χ1n) is 5.48. The maximum Gasteiger partial charge on any atom is 0.573 e. The number of aliphatic carboxylic acids is 1. The SMILES string of the molecule is O=C(Nc1cccc(OC(F)(F)F)c1)N[C@H](CO)C(=O)O. The number of rotatable bonds is 5. The van der Waals surface area contributed by atoms with Crippen LogP contribution in [0.1, 0.15) is 0 Å². The van der Waals surface area contributed by atoms with Crippen LogP contribution in [0.2, 0.25) is 0 Å². The summed E-state index contributed by atoms with van der Waals surface area (Å²) in [7, 11) is 0. The van der Waals surface area contributed by atoms with Crippen molar-refractivity contribution in [3.63, 3.8) is 0 Å². The van der Waals surface area contributed by atoms with Gasteiger partial charge in [-0.1, -0.05) is 6.07 Å². The van der Waals surface area contributed by atoms with Crippen LogP contribution in [0.15, 0.2) is 24.3 Å². The van der Waals surface area contributed by atoms with Crippen LogP contribution in [0.5, 0.6) is 5.75 Å². The molecule has 1 aromatic rings. The fourth-order valence-electron chi connectivity index (χ4n) is 1.28. The highest BCUT2D eigenvalue weighted by Crippen LogP contribution is 2.24. The predicted octanol–water partition coefficient (Wildman–Crippen LogP) is 1.15. The lowest BCUT2D eigenvalue weighted by atomic mass is 10.3. The molecule has 116 valence electrons. The monoisotopic (exact) mass is 308 g/mol. The van der Waals surface area contributed by atoms with Crippen LogP contribution in [0.25, 0.3) is 0 Å². The second kappa shape index (κ2) is 6.79. The molecule has 1 aromatic carbocycles. The average molecular weight is 308 g/mol. The van der Waals surface area contributed by atoms with Gasteiger partial charge in [-0.3, -0.25) is 0 Å². The minimum atomic E-state index is -4.87. The lowest BCUT2D eigenvalue weighted by Gasteiger charge is -2.13. The number of halogens is 3. The molecule has 0 aliphatic rings. The molecule has 0 unspecified atom stereocenters. The summed E-state index contributed by atoms with van der Waals surface area (Å²) in [5, 5.41) is 21.4. The van der Waals surface area contributed by atoms with Crippen LogP contribution >= 0.6 is 0 Å². The van der Waals surface area contributed by atoms with Gasteiger partial charge in [0.2, 0.25) is 0 Å². The number of ether oxygens (including phenoxy) is 1. The predicted molar refractivity (Wildman–Crippen MR) is 63.8 cm³/mol. The summed E-state index contributed by atoms with van der Waals surface area (Å²) in [5.41, 5.74) is -0.0451. The van der Waals surface area contributed by atoms with E-state index in [1.54, 1.807) is 0 Å². The van der Waals surface area contributed by atoms with E-state index >= 15 is 0 Å². The van der Waals surface area contributed by atoms with Crippen molar-refractivity contribution in [2.45, 2.75) is 12.4 Å². The first kappa shape index (κ1) is 16.6. The van der Waals surface area contributed by atoms with Crippen molar-refractivity contribution in [3.05, 3.63) is 24.3 Å². The van der Waals surface area contributed by atoms with Gasteiger partial charge < -0.3 is 25.6 Å². The van der Waals surface area contributed by atoms with Crippen LogP contribution in [0, 0.1) is 0 Å². The summed E-state index contributed by atoms with van der Waals surface area (Å²) in [4.78, 5) is 22.0. The van der Waals surface area contributed by atoms with E-state index in [0.29, 0.717) is 0 Å². The Morgan fingerprint density at radius 1 is 1.33 bits per heavy atom. The van der Waals surface area contributed by atoms with E-state index in [9.17, 15) is 22.8 Å². The van der Waals surface area contributed by atoms with E-state index < -0.39 is 36.8 Å². The fourth-order valence-corrected chi connectivity index (χ4v) is 1.28. The van der Waals surface area contributed by atoms with Gasteiger partial charge in [-0.05, 0) is 12.1 Å². The molecule has 1 atom stereocenters. The third kappa shape index (κ3) is 5.99. The Morgan fingerprint density at radius 3 is 2.52 bits per heavy atom. The van der Waals surface area contributed by atoms with E-state index in [-0.39, 0.29) is 5.69 Å². The summed E-state index contributed by atoms with van der Waals surface area (Å²) in [5.74, 6) is -2.00. The molecule has 4 N–H and O–H groups in total. The molecular formula is C11H11F3N2O5. The Balaban J connectivity index is 2.68. The van der Waals surface area contributed by atoms with Crippen molar-refractivity contribution in [1.82, 2.24) is 5.32 Å². The van der Waals surface area contributed by atoms with Gasteiger partial charge in [0.1, 0.15) is 5.75 Å². The molecular weight excluding hydrogens is 297 g/mol. The first-order chi connectivity index (χ1) is 9.71. The van der Waals surface area contributed by atoms with Gasteiger partial charge in [0.25, 0.3) is 0 Å². The quantitative estimate of drug-likeness (QED) is 0.652. The zero-order valence-electron chi connectivity index (χ0n) is 10.3. The molecule has 0 aromatic heterocycles. The van der Waals surface area contributed by atoms with Gasteiger partial charge in [0.05, 0.1) is 6.61 Å². The molecule has 21 heavy (non-hydrogen) atoms. The van der Waals surface area contributed by atoms with Crippen molar-refractivity contribution in [2.75, 3.05) is 11.9 Å². The number of carboxylic acids is 1. The molecule has 0 aliphatic heterocycles. The fraction of sp³-hybridized carbons (Fsp3) is 0.273. The van der Waals surface area contributed by atoms with Crippen molar-refractivity contribution in [2.24, 2.45) is 0 Å². The minimum absolute atomic E-state index is 0.0451. The lowest BCUT2D eigenvalue weighted by Crippen LogP contribution is -2.45. The molecule has 10 heteroatoms. The largest absolute Gasteiger partial charge is 0.573 e. The highest BCUT2D eigenvalue weighted by molar-refractivity contribution is 5.92. The first-order valence-corrected chi connectivity index (χ1v) is 5.48. The van der Waals surface area contributed by atoms with Crippen LogP contribution in [-0.4, -0.2) is 41.2 Å². The standard InChI is InChI=1S/C11H11F3N2O5/c12-11(13,14)21-7-3-1-2-6(4-7)15-10(20)16-8(5-17)9(18)19/h1-4,8,17H,5H2,(H,18,19)(H2,15,16,20)/t8-/m1/s1. The Labute approximate surface area is 116 Å². The molecule has 0 spiro atoms. The molecule has 0 radical (unpaired) electrons. The van der Waals surface area contributed by atoms with Gasteiger partial charge in [0.15, 0.2) is 6.04 Å². The van der Waals surface area contributed by atoms with Crippen molar-refractivity contribution >= 4 is 17.7 Å². The maximum atomic E-state index is 12.0. The van der Waals surface area contributed by atoms with Crippen LogP contribution < -0.4 is 15.4 Å². The van der Waals surface area contributed by atoms with Gasteiger partial charge in [-0.15, -0.1) is 13.2 Å². The number of alkyl halides is 3. The molecule has 0 aliphatic carbocycles. The van der Waals surface area contributed by atoms with Crippen molar-refractivity contribution in [3.8, 4) is 5.75 Å². The number of carboxylic acid groups (broad SMARTS) is 1. The number of carbonyl (C=O) groups is 2.